The Labute approximate surface area is 118 Å². The van der Waals surface area contributed by atoms with Crippen molar-refractivity contribution in [1.29, 1.82) is 0 Å². The van der Waals surface area contributed by atoms with Gasteiger partial charge in [0, 0.05) is 12.6 Å². The molecule has 0 spiro atoms. The van der Waals surface area contributed by atoms with Crippen molar-refractivity contribution in [2.24, 2.45) is 0 Å². The predicted octanol–water partition coefficient (Wildman–Crippen LogP) is 3.36. The van der Waals surface area contributed by atoms with Gasteiger partial charge in [0.25, 0.3) is 0 Å². The van der Waals surface area contributed by atoms with Gasteiger partial charge in [-0.2, -0.15) is 13.2 Å². The van der Waals surface area contributed by atoms with Crippen molar-refractivity contribution in [2.75, 3.05) is 19.6 Å². The molecule has 112 valence electrons. The highest BCUT2D eigenvalue weighted by Crippen LogP contribution is 2.32. The molecule has 2 unspecified atom stereocenters. The zero-order chi connectivity index (χ0) is 14.6. The van der Waals surface area contributed by atoms with Crippen molar-refractivity contribution in [3.8, 4) is 0 Å². The van der Waals surface area contributed by atoms with Crippen LogP contribution in [0.25, 0.3) is 0 Å². The number of halogens is 3. The second kappa shape index (κ2) is 6.59. The lowest BCUT2D eigenvalue weighted by atomic mass is 10.1. The zero-order valence-electron chi connectivity index (χ0n) is 11.7. The molecule has 1 aromatic carbocycles. The highest BCUT2D eigenvalue weighted by Gasteiger charge is 2.40. The Morgan fingerprint density at radius 2 is 1.75 bits per heavy atom. The maximum Gasteiger partial charge on any atom is 0.407 e. The van der Waals surface area contributed by atoms with E-state index >= 15 is 0 Å². The van der Waals surface area contributed by atoms with Crippen LogP contribution in [0.5, 0.6) is 0 Å². The maximum atomic E-state index is 13.2. The molecule has 1 aliphatic rings. The van der Waals surface area contributed by atoms with Crippen molar-refractivity contribution in [1.82, 2.24) is 10.2 Å². The molecule has 0 amide bonds. The molecule has 1 heterocycles. The van der Waals surface area contributed by atoms with Crippen LogP contribution in [-0.4, -0.2) is 36.8 Å². The summed E-state index contributed by atoms with van der Waals surface area (Å²) in [7, 11) is 0. The summed E-state index contributed by atoms with van der Waals surface area (Å²) in [5.74, 6) is 0. The van der Waals surface area contributed by atoms with E-state index in [0.29, 0.717) is 6.54 Å². The van der Waals surface area contributed by atoms with Crippen LogP contribution in [0.15, 0.2) is 30.3 Å². The van der Waals surface area contributed by atoms with Crippen LogP contribution in [0, 0.1) is 0 Å². The highest BCUT2D eigenvalue weighted by atomic mass is 19.4. The van der Waals surface area contributed by atoms with E-state index in [1.807, 2.05) is 6.92 Å². The van der Waals surface area contributed by atoms with Gasteiger partial charge in [0.1, 0.15) is 6.04 Å². The van der Waals surface area contributed by atoms with Gasteiger partial charge in [-0.15, -0.1) is 0 Å². The van der Waals surface area contributed by atoms with Crippen molar-refractivity contribution in [3.63, 3.8) is 0 Å². The quantitative estimate of drug-likeness (QED) is 0.893. The Hall–Kier alpha value is -1.07. The fraction of sp³-hybridized carbons (Fsp3) is 0.600. The van der Waals surface area contributed by atoms with Gasteiger partial charge in [0.15, 0.2) is 0 Å². The Morgan fingerprint density at radius 1 is 1.15 bits per heavy atom. The minimum atomic E-state index is -4.27. The molecule has 0 saturated carbocycles. The van der Waals surface area contributed by atoms with E-state index in [1.165, 1.54) is 12.1 Å². The minimum absolute atomic E-state index is 0.131. The first-order valence-electron chi connectivity index (χ1n) is 7.07. The van der Waals surface area contributed by atoms with E-state index in [4.69, 9.17) is 0 Å². The van der Waals surface area contributed by atoms with Crippen LogP contribution in [0.2, 0.25) is 0 Å². The Morgan fingerprint density at radius 3 is 2.30 bits per heavy atom. The lowest BCUT2D eigenvalue weighted by Crippen LogP contribution is -2.43. The lowest BCUT2D eigenvalue weighted by Gasteiger charge is -2.28. The van der Waals surface area contributed by atoms with E-state index in [0.717, 1.165) is 25.9 Å². The van der Waals surface area contributed by atoms with Gasteiger partial charge >= 0.3 is 6.18 Å². The predicted molar refractivity (Wildman–Crippen MR) is 73.5 cm³/mol. The van der Waals surface area contributed by atoms with Gasteiger partial charge in [-0.3, -0.25) is 4.90 Å². The standard InChI is InChI=1S/C15H21F3N2/c1-12(20-9-5-6-10-20)11-19-14(15(16,17)18)13-7-3-2-4-8-13/h2-4,7-8,12,14,19H,5-6,9-11H2,1H3. The number of benzene rings is 1. The first-order valence-corrected chi connectivity index (χ1v) is 7.07. The summed E-state index contributed by atoms with van der Waals surface area (Å²) in [6, 6.07) is 6.58. The van der Waals surface area contributed by atoms with E-state index in [2.05, 4.69) is 10.2 Å². The lowest BCUT2D eigenvalue weighted by molar-refractivity contribution is -0.158. The third kappa shape index (κ3) is 3.96. The number of hydrogen-bond acceptors (Lipinski definition) is 2. The van der Waals surface area contributed by atoms with Crippen molar-refractivity contribution in [2.45, 2.75) is 38.0 Å². The molecule has 2 nitrogen and oxygen atoms in total. The summed E-state index contributed by atoms with van der Waals surface area (Å²) in [5, 5.41) is 2.69. The largest absolute Gasteiger partial charge is 0.407 e. The molecule has 1 aromatic rings. The van der Waals surface area contributed by atoms with Gasteiger partial charge in [0.2, 0.25) is 0 Å². The molecule has 1 aliphatic heterocycles. The number of hydrogen-bond donors (Lipinski definition) is 1. The molecular weight excluding hydrogens is 265 g/mol. The molecule has 0 radical (unpaired) electrons. The smallest absolute Gasteiger partial charge is 0.301 e. The van der Waals surface area contributed by atoms with Crippen LogP contribution < -0.4 is 5.32 Å². The second-order valence-electron chi connectivity index (χ2n) is 5.39. The molecule has 5 heteroatoms. The van der Waals surface area contributed by atoms with Gasteiger partial charge in [-0.1, -0.05) is 30.3 Å². The summed E-state index contributed by atoms with van der Waals surface area (Å²) < 4.78 is 39.5. The topological polar surface area (TPSA) is 15.3 Å². The van der Waals surface area contributed by atoms with Crippen molar-refractivity contribution >= 4 is 0 Å². The second-order valence-corrected chi connectivity index (χ2v) is 5.39. The molecular formula is C15H21F3N2. The highest BCUT2D eigenvalue weighted by molar-refractivity contribution is 5.20. The van der Waals surface area contributed by atoms with Gasteiger partial charge in [0.05, 0.1) is 0 Å². The summed E-state index contributed by atoms with van der Waals surface area (Å²) in [6.07, 6.45) is -1.98. The summed E-state index contributed by atoms with van der Waals surface area (Å²) >= 11 is 0. The molecule has 2 rings (SSSR count). The van der Waals surface area contributed by atoms with Crippen molar-refractivity contribution < 1.29 is 13.2 Å². The van der Waals surface area contributed by atoms with Crippen LogP contribution in [0.3, 0.4) is 0 Å². The average Bonchev–Trinajstić information content (AvgIpc) is 2.92. The molecule has 0 bridgehead atoms. The maximum absolute atomic E-state index is 13.2. The van der Waals surface area contributed by atoms with Gasteiger partial charge in [-0.05, 0) is 38.4 Å². The fourth-order valence-corrected chi connectivity index (χ4v) is 2.67. The first-order chi connectivity index (χ1) is 9.48. The van der Waals surface area contributed by atoms with E-state index in [9.17, 15) is 13.2 Å². The molecule has 2 atom stereocenters. The molecule has 0 aliphatic carbocycles. The number of likely N-dealkylation sites (tertiary alicyclic amines) is 1. The third-order valence-corrected chi connectivity index (χ3v) is 3.84. The number of nitrogens with zero attached hydrogens (tertiary/aromatic N) is 1. The first kappa shape index (κ1) is 15.3. The average molecular weight is 286 g/mol. The Balaban J connectivity index is 1.98. The van der Waals surface area contributed by atoms with Crippen molar-refractivity contribution in [3.05, 3.63) is 35.9 Å². The summed E-state index contributed by atoms with van der Waals surface area (Å²) in [5.41, 5.74) is 0.272. The SMILES string of the molecule is CC(CNC(c1ccccc1)C(F)(F)F)N1CCCC1. The fourth-order valence-electron chi connectivity index (χ4n) is 2.67. The Kier molecular flexibility index (Phi) is 5.05. The summed E-state index contributed by atoms with van der Waals surface area (Å²) in [6.45, 7) is 4.31. The number of alkyl halides is 3. The van der Waals surface area contributed by atoms with Gasteiger partial charge < -0.3 is 5.32 Å². The van der Waals surface area contributed by atoms with Gasteiger partial charge in [-0.25, -0.2) is 0 Å². The third-order valence-electron chi connectivity index (χ3n) is 3.84. The zero-order valence-corrected chi connectivity index (χ0v) is 11.7. The number of nitrogens with one attached hydrogen (secondary N) is 1. The van der Waals surface area contributed by atoms with Crippen LogP contribution >= 0.6 is 0 Å². The van der Waals surface area contributed by atoms with E-state index in [1.54, 1.807) is 18.2 Å². The van der Waals surface area contributed by atoms with E-state index < -0.39 is 12.2 Å². The molecule has 1 N–H and O–H groups in total. The molecule has 0 aromatic heterocycles. The number of rotatable bonds is 5. The summed E-state index contributed by atoms with van der Waals surface area (Å²) in [4.78, 5) is 2.24. The molecule has 1 saturated heterocycles. The van der Waals surface area contributed by atoms with Crippen LogP contribution in [0.1, 0.15) is 31.4 Å². The molecule has 1 fully saturated rings. The normalized spacial score (nSPS) is 20.0. The minimum Gasteiger partial charge on any atom is -0.301 e. The Bertz CT molecular complexity index is 399. The van der Waals surface area contributed by atoms with Crippen LogP contribution in [0.4, 0.5) is 13.2 Å². The van der Waals surface area contributed by atoms with Crippen LogP contribution in [-0.2, 0) is 0 Å². The van der Waals surface area contributed by atoms with E-state index in [-0.39, 0.29) is 11.6 Å². The monoisotopic (exact) mass is 286 g/mol. The molecule has 20 heavy (non-hydrogen) atoms.